The summed E-state index contributed by atoms with van der Waals surface area (Å²) < 4.78 is 0.996. The first-order valence-corrected chi connectivity index (χ1v) is 6.86. The van der Waals surface area contributed by atoms with Crippen LogP contribution in [-0.4, -0.2) is 4.98 Å². The molecule has 0 saturated heterocycles. The summed E-state index contributed by atoms with van der Waals surface area (Å²) in [5.41, 5.74) is 6.84. The fourth-order valence-corrected chi connectivity index (χ4v) is 3.13. The maximum Gasteiger partial charge on any atom is 0.154 e. The summed E-state index contributed by atoms with van der Waals surface area (Å²) in [5, 5.41) is 2.68. The lowest BCUT2D eigenvalue weighted by Crippen LogP contribution is -2.04. The highest BCUT2D eigenvalue weighted by atomic mass is 35.5. The van der Waals surface area contributed by atoms with E-state index in [-0.39, 0.29) is 6.04 Å². The van der Waals surface area contributed by atoms with Gasteiger partial charge in [-0.05, 0) is 24.6 Å². The summed E-state index contributed by atoms with van der Waals surface area (Å²) in [6, 6.07) is 5.93. The molecule has 2 N–H and O–H groups in total. The van der Waals surface area contributed by atoms with Crippen LogP contribution >= 0.6 is 34.7 Å². The van der Waals surface area contributed by atoms with Gasteiger partial charge in [0.05, 0.1) is 5.02 Å². The Morgan fingerprint density at radius 2 is 2.31 bits per heavy atom. The van der Waals surface area contributed by atoms with Crippen LogP contribution in [0.3, 0.4) is 0 Å². The fourth-order valence-electron chi connectivity index (χ4n) is 1.24. The molecular formula is C11H11ClN2S2. The molecule has 0 spiro atoms. The van der Waals surface area contributed by atoms with Crippen LogP contribution in [0.15, 0.2) is 39.0 Å². The van der Waals surface area contributed by atoms with Crippen LogP contribution in [0.4, 0.5) is 0 Å². The molecule has 0 aliphatic carbocycles. The molecule has 0 fully saturated rings. The Bertz CT molecular complexity index is 469. The molecule has 0 saturated carbocycles. The number of halogens is 1. The number of rotatable bonds is 3. The molecule has 0 amide bonds. The molecule has 2 rings (SSSR count). The highest BCUT2D eigenvalue weighted by Crippen LogP contribution is 2.35. The van der Waals surface area contributed by atoms with E-state index in [1.165, 1.54) is 0 Å². The minimum absolute atomic E-state index is 0.0106. The van der Waals surface area contributed by atoms with Gasteiger partial charge in [-0.1, -0.05) is 29.4 Å². The van der Waals surface area contributed by atoms with Gasteiger partial charge in [-0.15, -0.1) is 11.3 Å². The molecule has 16 heavy (non-hydrogen) atoms. The average molecular weight is 271 g/mol. The van der Waals surface area contributed by atoms with Crippen LogP contribution in [0.25, 0.3) is 0 Å². The molecule has 1 unspecified atom stereocenters. The summed E-state index contributed by atoms with van der Waals surface area (Å²) in [5.74, 6) is 0. The van der Waals surface area contributed by atoms with Gasteiger partial charge in [0, 0.05) is 22.5 Å². The Hall–Kier alpha value is -0.550. The monoisotopic (exact) mass is 270 g/mol. The predicted molar refractivity (Wildman–Crippen MR) is 70.3 cm³/mol. The van der Waals surface area contributed by atoms with Crippen molar-refractivity contribution in [3.05, 3.63) is 40.4 Å². The molecule has 1 aromatic carbocycles. The van der Waals surface area contributed by atoms with E-state index in [1.54, 1.807) is 29.3 Å². The lowest BCUT2D eigenvalue weighted by molar-refractivity contribution is 0.817. The van der Waals surface area contributed by atoms with Gasteiger partial charge >= 0.3 is 0 Å². The number of benzene rings is 1. The highest BCUT2D eigenvalue weighted by Gasteiger charge is 2.07. The van der Waals surface area contributed by atoms with E-state index < -0.39 is 0 Å². The van der Waals surface area contributed by atoms with E-state index in [0.29, 0.717) is 0 Å². The second-order valence-electron chi connectivity index (χ2n) is 3.38. The Kier molecular flexibility index (Phi) is 3.86. The van der Waals surface area contributed by atoms with Crippen LogP contribution in [0, 0.1) is 0 Å². The second-order valence-corrected chi connectivity index (χ2v) is 5.97. The van der Waals surface area contributed by atoms with Gasteiger partial charge in [0.15, 0.2) is 4.34 Å². The third-order valence-corrected chi connectivity index (χ3v) is 4.47. The molecule has 0 aliphatic rings. The first-order chi connectivity index (χ1) is 7.66. The van der Waals surface area contributed by atoms with Gasteiger partial charge in [-0.25, -0.2) is 4.98 Å². The predicted octanol–water partition coefficient (Wildman–Crippen LogP) is 3.97. The highest BCUT2D eigenvalue weighted by molar-refractivity contribution is 8.01. The molecule has 1 heterocycles. The quantitative estimate of drug-likeness (QED) is 0.917. The minimum Gasteiger partial charge on any atom is -0.324 e. The summed E-state index contributed by atoms with van der Waals surface area (Å²) in [6.45, 7) is 1.94. The summed E-state index contributed by atoms with van der Waals surface area (Å²) in [7, 11) is 0. The van der Waals surface area contributed by atoms with Gasteiger partial charge in [0.2, 0.25) is 0 Å². The number of aromatic nitrogens is 1. The average Bonchev–Trinajstić information content (AvgIpc) is 2.73. The molecule has 0 radical (unpaired) electrons. The molecule has 0 aliphatic heterocycles. The van der Waals surface area contributed by atoms with Gasteiger partial charge in [0.1, 0.15) is 0 Å². The van der Waals surface area contributed by atoms with Crippen LogP contribution in [0.1, 0.15) is 18.5 Å². The van der Waals surface area contributed by atoms with Gasteiger partial charge in [-0.3, -0.25) is 0 Å². The van der Waals surface area contributed by atoms with Crippen molar-refractivity contribution in [2.24, 2.45) is 5.73 Å². The van der Waals surface area contributed by atoms with Crippen LogP contribution in [-0.2, 0) is 0 Å². The number of nitrogens with two attached hydrogens (primary N) is 1. The first-order valence-electron chi connectivity index (χ1n) is 4.79. The number of hydrogen-bond acceptors (Lipinski definition) is 4. The third kappa shape index (κ3) is 2.77. The zero-order valence-corrected chi connectivity index (χ0v) is 11.1. The van der Waals surface area contributed by atoms with Gasteiger partial charge < -0.3 is 5.73 Å². The van der Waals surface area contributed by atoms with E-state index in [2.05, 4.69) is 4.98 Å². The van der Waals surface area contributed by atoms with Crippen molar-refractivity contribution in [2.75, 3.05) is 0 Å². The largest absolute Gasteiger partial charge is 0.324 e. The molecule has 84 valence electrons. The van der Waals surface area contributed by atoms with Crippen LogP contribution in [0.2, 0.25) is 5.02 Å². The van der Waals surface area contributed by atoms with Crippen molar-refractivity contribution in [2.45, 2.75) is 22.2 Å². The van der Waals surface area contributed by atoms with Crippen molar-refractivity contribution in [3.63, 3.8) is 0 Å². The molecular weight excluding hydrogens is 260 g/mol. The van der Waals surface area contributed by atoms with E-state index >= 15 is 0 Å². The van der Waals surface area contributed by atoms with Gasteiger partial charge in [-0.2, -0.15) is 0 Å². The number of thiazole rings is 1. The third-order valence-electron chi connectivity index (χ3n) is 2.09. The molecule has 2 aromatic rings. The standard InChI is InChI=1S/C11H11ClN2S2/c1-7(13)8-2-3-10(9(12)6-8)16-11-14-4-5-15-11/h2-7H,13H2,1H3. The Balaban J connectivity index is 2.23. The lowest BCUT2D eigenvalue weighted by atomic mass is 10.1. The summed E-state index contributed by atoms with van der Waals surface area (Å²) in [6.07, 6.45) is 1.79. The molecule has 0 bridgehead atoms. The SMILES string of the molecule is CC(N)c1ccc(Sc2nccs2)c(Cl)c1. The lowest BCUT2D eigenvalue weighted by Gasteiger charge is -2.08. The first kappa shape index (κ1) is 11.9. The Morgan fingerprint density at radius 3 is 2.88 bits per heavy atom. The van der Waals surface area contributed by atoms with Crippen molar-refractivity contribution < 1.29 is 0 Å². The minimum atomic E-state index is 0.0106. The number of nitrogens with zero attached hydrogens (tertiary/aromatic N) is 1. The van der Waals surface area contributed by atoms with Crippen molar-refractivity contribution >= 4 is 34.7 Å². The summed E-state index contributed by atoms with van der Waals surface area (Å²) in [4.78, 5) is 5.22. The molecule has 1 aromatic heterocycles. The normalized spacial score (nSPS) is 12.7. The van der Waals surface area contributed by atoms with Gasteiger partial charge in [0.25, 0.3) is 0 Å². The van der Waals surface area contributed by atoms with Crippen molar-refractivity contribution in [1.82, 2.24) is 4.98 Å². The Morgan fingerprint density at radius 1 is 1.50 bits per heavy atom. The van der Waals surface area contributed by atoms with Crippen LogP contribution < -0.4 is 5.73 Å². The molecule has 1 atom stereocenters. The topological polar surface area (TPSA) is 38.9 Å². The zero-order chi connectivity index (χ0) is 11.5. The smallest absolute Gasteiger partial charge is 0.154 e. The maximum atomic E-state index is 6.19. The van der Waals surface area contributed by atoms with Crippen LogP contribution in [0.5, 0.6) is 0 Å². The molecule has 5 heteroatoms. The number of hydrogen-bond donors (Lipinski definition) is 1. The van der Waals surface area contributed by atoms with E-state index in [9.17, 15) is 0 Å². The fraction of sp³-hybridized carbons (Fsp3) is 0.182. The maximum absolute atomic E-state index is 6.19. The summed E-state index contributed by atoms with van der Waals surface area (Å²) >= 11 is 9.37. The van der Waals surface area contributed by atoms with E-state index in [1.807, 2.05) is 30.5 Å². The van der Waals surface area contributed by atoms with Crippen molar-refractivity contribution in [1.29, 1.82) is 0 Å². The molecule has 2 nitrogen and oxygen atoms in total. The Labute approximate surface area is 108 Å². The van der Waals surface area contributed by atoms with Crippen molar-refractivity contribution in [3.8, 4) is 0 Å². The zero-order valence-electron chi connectivity index (χ0n) is 8.68. The van der Waals surface area contributed by atoms with E-state index in [4.69, 9.17) is 17.3 Å². The van der Waals surface area contributed by atoms with E-state index in [0.717, 1.165) is 19.8 Å². The second kappa shape index (κ2) is 5.19.